The standard InChI is InChI=1S/C17H14N6/c18-10-13-3-1-5-15(9-13)22-17-20-8-6-16(23-17)21-12-14-4-2-7-19-11-14/h1-9,11H,12H2,(H2,20,21,22,23). The summed E-state index contributed by atoms with van der Waals surface area (Å²) < 4.78 is 0. The summed E-state index contributed by atoms with van der Waals surface area (Å²) in [5, 5.41) is 15.2. The van der Waals surface area contributed by atoms with Crippen LogP contribution in [0.4, 0.5) is 17.5 Å². The molecule has 0 unspecified atom stereocenters. The lowest BCUT2D eigenvalue weighted by Gasteiger charge is -2.08. The van der Waals surface area contributed by atoms with E-state index in [1.165, 1.54) is 0 Å². The van der Waals surface area contributed by atoms with Crippen molar-refractivity contribution in [1.29, 1.82) is 5.26 Å². The van der Waals surface area contributed by atoms with E-state index in [4.69, 9.17) is 5.26 Å². The van der Waals surface area contributed by atoms with Gasteiger partial charge in [0, 0.05) is 30.8 Å². The van der Waals surface area contributed by atoms with Gasteiger partial charge < -0.3 is 10.6 Å². The summed E-state index contributed by atoms with van der Waals surface area (Å²) in [5.74, 6) is 1.18. The maximum absolute atomic E-state index is 8.93. The molecule has 3 rings (SSSR count). The number of anilines is 3. The van der Waals surface area contributed by atoms with Crippen LogP contribution < -0.4 is 10.6 Å². The highest BCUT2D eigenvalue weighted by molar-refractivity contribution is 5.57. The minimum Gasteiger partial charge on any atom is -0.366 e. The molecule has 2 heterocycles. The number of rotatable bonds is 5. The van der Waals surface area contributed by atoms with Gasteiger partial charge in [0.25, 0.3) is 0 Å². The lowest BCUT2D eigenvalue weighted by Crippen LogP contribution is -2.04. The summed E-state index contributed by atoms with van der Waals surface area (Å²) >= 11 is 0. The maximum atomic E-state index is 8.93. The van der Waals surface area contributed by atoms with Gasteiger partial charge in [-0.2, -0.15) is 10.2 Å². The Kier molecular flexibility index (Phi) is 4.41. The first-order valence-electron chi connectivity index (χ1n) is 7.06. The van der Waals surface area contributed by atoms with Crippen LogP contribution in [-0.2, 0) is 6.54 Å². The predicted octanol–water partition coefficient (Wildman–Crippen LogP) is 3.10. The zero-order valence-electron chi connectivity index (χ0n) is 12.3. The fourth-order valence-electron chi connectivity index (χ4n) is 2.01. The van der Waals surface area contributed by atoms with Crippen molar-refractivity contribution in [3.05, 3.63) is 72.2 Å². The van der Waals surface area contributed by atoms with Crippen LogP contribution in [0, 0.1) is 11.3 Å². The van der Waals surface area contributed by atoms with Crippen molar-refractivity contribution in [3.8, 4) is 6.07 Å². The number of aromatic nitrogens is 3. The number of hydrogen-bond acceptors (Lipinski definition) is 6. The Balaban J connectivity index is 1.68. The largest absolute Gasteiger partial charge is 0.366 e. The van der Waals surface area contributed by atoms with E-state index in [0.717, 1.165) is 11.3 Å². The molecule has 0 saturated carbocycles. The van der Waals surface area contributed by atoms with Gasteiger partial charge in [0.2, 0.25) is 5.95 Å². The lowest BCUT2D eigenvalue weighted by atomic mass is 10.2. The minimum atomic E-state index is 0.469. The number of hydrogen-bond donors (Lipinski definition) is 2. The predicted molar refractivity (Wildman–Crippen MR) is 88.0 cm³/mol. The maximum Gasteiger partial charge on any atom is 0.229 e. The number of nitrogens with zero attached hydrogens (tertiary/aromatic N) is 4. The number of nitriles is 1. The average Bonchev–Trinajstić information content (AvgIpc) is 2.61. The van der Waals surface area contributed by atoms with Crippen molar-refractivity contribution in [2.24, 2.45) is 0 Å². The van der Waals surface area contributed by atoms with Gasteiger partial charge in [-0.05, 0) is 35.9 Å². The molecule has 0 aliphatic heterocycles. The van der Waals surface area contributed by atoms with Gasteiger partial charge in [0.05, 0.1) is 11.6 Å². The van der Waals surface area contributed by atoms with E-state index in [1.807, 2.05) is 24.3 Å². The van der Waals surface area contributed by atoms with Crippen LogP contribution in [0.15, 0.2) is 61.1 Å². The molecule has 3 aromatic rings. The monoisotopic (exact) mass is 302 g/mol. The summed E-state index contributed by atoms with van der Waals surface area (Å²) in [5.41, 5.74) is 2.43. The second-order valence-corrected chi connectivity index (χ2v) is 4.80. The van der Waals surface area contributed by atoms with Crippen LogP contribution in [0.3, 0.4) is 0 Å². The summed E-state index contributed by atoms with van der Waals surface area (Å²) in [7, 11) is 0. The van der Waals surface area contributed by atoms with Gasteiger partial charge >= 0.3 is 0 Å². The first-order chi connectivity index (χ1) is 11.3. The van der Waals surface area contributed by atoms with E-state index in [9.17, 15) is 0 Å². The van der Waals surface area contributed by atoms with Crippen LogP contribution in [0.1, 0.15) is 11.1 Å². The van der Waals surface area contributed by atoms with E-state index in [0.29, 0.717) is 23.9 Å². The van der Waals surface area contributed by atoms with Crippen LogP contribution >= 0.6 is 0 Å². The Morgan fingerprint density at radius 3 is 2.87 bits per heavy atom. The highest BCUT2D eigenvalue weighted by Crippen LogP contribution is 2.15. The molecule has 6 nitrogen and oxygen atoms in total. The molecule has 0 aliphatic carbocycles. The van der Waals surface area contributed by atoms with E-state index < -0.39 is 0 Å². The van der Waals surface area contributed by atoms with Gasteiger partial charge in [-0.1, -0.05) is 12.1 Å². The van der Waals surface area contributed by atoms with Crippen molar-refractivity contribution < 1.29 is 0 Å². The topological polar surface area (TPSA) is 86.5 Å². The van der Waals surface area contributed by atoms with Crippen LogP contribution in [-0.4, -0.2) is 15.0 Å². The molecule has 0 saturated heterocycles. The summed E-state index contributed by atoms with van der Waals surface area (Å²) in [6.45, 7) is 0.633. The SMILES string of the molecule is N#Cc1cccc(Nc2nccc(NCc3cccnc3)n2)c1. The van der Waals surface area contributed by atoms with Crippen LogP contribution in [0.2, 0.25) is 0 Å². The highest BCUT2D eigenvalue weighted by atomic mass is 15.1. The molecule has 0 aliphatic rings. The van der Waals surface area contributed by atoms with E-state index in [1.54, 1.807) is 36.8 Å². The Labute approximate surface area is 133 Å². The van der Waals surface area contributed by atoms with E-state index >= 15 is 0 Å². The molecule has 0 amide bonds. The second kappa shape index (κ2) is 7.00. The fourth-order valence-corrected chi connectivity index (χ4v) is 2.01. The third-order valence-corrected chi connectivity index (χ3v) is 3.10. The normalized spacial score (nSPS) is 9.87. The van der Waals surface area contributed by atoms with Gasteiger partial charge in [-0.3, -0.25) is 4.98 Å². The van der Waals surface area contributed by atoms with Crippen molar-refractivity contribution in [3.63, 3.8) is 0 Å². The van der Waals surface area contributed by atoms with Gasteiger partial charge in [0.1, 0.15) is 5.82 Å². The van der Waals surface area contributed by atoms with Crippen molar-refractivity contribution >= 4 is 17.5 Å². The Hall–Kier alpha value is -3.46. The zero-order chi connectivity index (χ0) is 15.9. The molecule has 0 atom stereocenters. The highest BCUT2D eigenvalue weighted by Gasteiger charge is 2.01. The minimum absolute atomic E-state index is 0.469. The number of nitrogens with one attached hydrogen (secondary N) is 2. The Morgan fingerprint density at radius 2 is 2.04 bits per heavy atom. The molecule has 2 aromatic heterocycles. The fraction of sp³-hybridized carbons (Fsp3) is 0.0588. The third kappa shape index (κ3) is 4.02. The number of pyridine rings is 1. The number of benzene rings is 1. The zero-order valence-corrected chi connectivity index (χ0v) is 12.3. The molecule has 0 bridgehead atoms. The molecule has 112 valence electrons. The molecule has 0 spiro atoms. The van der Waals surface area contributed by atoms with E-state index in [2.05, 4.69) is 31.7 Å². The first-order valence-corrected chi connectivity index (χ1v) is 7.06. The van der Waals surface area contributed by atoms with Crippen molar-refractivity contribution in [2.75, 3.05) is 10.6 Å². The molecular formula is C17H14N6. The molecule has 6 heteroatoms. The third-order valence-electron chi connectivity index (χ3n) is 3.10. The van der Waals surface area contributed by atoms with Crippen LogP contribution in [0.5, 0.6) is 0 Å². The van der Waals surface area contributed by atoms with Crippen LogP contribution in [0.25, 0.3) is 0 Å². The second-order valence-electron chi connectivity index (χ2n) is 4.80. The average molecular weight is 302 g/mol. The van der Waals surface area contributed by atoms with Crippen molar-refractivity contribution in [2.45, 2.75) is 6.54 Å². The van der Waals surface area contributed by atoms with E-state index in [-0.39, 0.29) is 0 Å². The summed E-state index contributed by atoms with van der Waals surface area (Å²) in [6, 6.07) is 15.0. The molecule has 0 radical (unpaired) electrons. The Morgan fingerprint density at radius 1 is 1.09 bits per heavy atom. The lowest BCUT2D eigenvalue weighted by molar-refractivity contribution is 1.07. The molecule has 2 N–H and O–H groups in total. The summed E-state index contributed by atoms with van der Waals surface area (Å²) in [4.78, 5) is 12.7. The molecule has 23 heavy (non-hydrogen) atoms. The Bertz CT molecular complexity index is 826. The molecular weight excluding hydrogens is 288 g/mol. The smallest absolute Gasteiger partial charge is 0.229 e. The quantitative estimate of drug-likeness (QED) is 0.753. The van der Waals surface area contributed by atoms with Gasteiger partial charge in [0.15, 0.2) is 0 Å². The molecule has 1 aromatic carbocycles. The summed E-state index contributed by atoms with van der Waals surface area (Å²) in [6.07, 6.45) is 5.22. The van der Waals surface area contributed by atoms with Gasteiger partial charge in [-0.25, -0.2) is 4.98 Å². The van der Waals surface area contributed by atoms with Crippen molar-refractivity contribution in [1.82, 2.24) is 15.0 Å². The molecule has 0 fully saturated rings. The van der Waals surface area contributed by atoms with Gasteiger partial charge in [-0.15, -0.1) is 0 Å². The first kappa shape index (κ1) is 14.5.